The van der Waals surface area contributed by atoms with Gasteiger partial charge in [-0.1, -0.05) is 6.07 Å². The van der Waals surface area contributed by atoms with E-state index in [-0.39, 0.29) is 11.7 Å². The third kappa shape index (κ3) is 2.99. The molecule has 1 aliphatic heterocycles. The Balaban J connectivity index is 2.03. The van der Waals surface area contributed by atoms with Crippen molar-refractivity contribution in [1.82, 2.24) is 4.90 Å². The Labute approximate surface area is 107 Å². The minimum atomic E-state index is -0.242. The van der Waals surface area contributed by atoms with Crippen LogP contribution in [0.4, 0.5) is 4.39 Å². The molecule has 1 saturated heterocycles. The molecule has 0 aromatic heterocycles. The van der Waals surface area contributed by atoms with Crippen molar-refractivity contribution >= 4 is 0 Å². The van der Waals surface area contributed by atoms with Crippen LogP contribution < -0.4 is 4.74 Å². The van der Waals surface area contributed by atoms with Crippen LogP contribution in [0.15, 0.2) is 18.2 Å². The molecule has 0 aliphatic carbocycles. The molecule has 1 atom stereocenters. The van der Waals surface area contributed by atoms with Crippen molar-refractivity contribution in [1.29, 1.82) is 5.26 Å². The number of halogens is 1. The Bertz CT molecular complexity index is 456. The van der Waals surface area contributed by atoms with Gasteiger partial charge in [0.1, 0.15) is 11.6 Å². The standard InChI is InChI=1S/C14H17FN2O/c1-18-13-5-4-12(14(15)7-13)10-17-6-2-3-11(8-16)9-17/h4-5,7,11H,2-3,6,9-10H2,1H3. The number of nitriles is 1. The van der Waals surface area contributed by atoms with E-state index >= 15 is 0 Å². The zero-order valence-electron chi connectivity index (χ0n) is 10.5. The first-order chi connectivity index (χ1) is 8.72. The second-order valence-corrected chi connectivity index (χ2v) is 4.66. The van der Waals surface area contributed by atoms with E-state index in [0.717, 1.165) is 25.9 Å². The third-order valence-electron chi connectivity index (χ3n) is 3.34. The first-order valence-corrected chi connectivity index (χ1v) is 6.17. The van der Waals surface area contributed by atoms with Gasteiger partial charge in [-0.05, 0) is 25.5 Å². The molecular formula is C14H17FN2O. The van der Waals surface area contributed by atoms with Gasteiger partial charge in [0.2, 0.25) is 0 Å². The highest BCUT2D eigenvalue weighted by Gasteiger charge is 2.20. The Morgan fingerprint density at radius 1 is 1.56 bits per heavy atom. The van der Waals surface area contributed by atoms with E-state index in [2.05, 4.69) is 11.0 Å². The van der Waals surface area contributed by atoms with Crippen molar-refractivity contribution < 1.29 is 9.13 Å². The molecule has 96 valence electrons. The normalized spacial score (nSPS) is 20.4. The molecule has 2 rings (SSSR count). The summed E-state index contributed by atoms with van der Waals surface area (Å²) in [7, 11) is 1.52. The average Bonchev–Trinajstić information content (AvgIpc) is 2.41. The van der Waals surface area contributed by atoms with Crippen molar-refractivity contribution in [2.75, 3.05) is 20.2 Å². The first-order valence-electron chi connectivity index (χ1n) is 6.17. The van der Waals surface area contributed by atoms with E-state index in [1.807, 2.05) is 0 Å². The highest BCUT2D eigenvalue weighted by molar-refractivity contribution is 5.28. The predicted octanol–water partition coefficient (Wildman–Crippen LogP) is 2.57. The molecule has 4 heteroatoms. The molecule has 0 spiro atoms. The molecule has 1 heterocycles. The Morgan fingerprint density at radius 3 is 3.06 bits per heavy atom. The first kappa shape index (κ1) is 12.8. The van der Waals surface area contributed by atoms with E-state index in [0.29, 0.717) is 17.9 Å². The number of hydrogen-bond acceptors (Lipinski definition) is 3. The highest BCUT2D eigenvalue weighted by atomic mass is 19.1. The van der Waals surface area contributed by atoms with Gasteiger partial charge in [-0.2, -0.15) is 5.26 Å². The molecule has 1 aromatic carbocycles. The molecule has 1 aromatic rings. The molecule has 0 radical (unpaired) electrons. The lowest BCUT2D eigenvalue weighted by Gasteiger charge is -2.29. The molecule has 1 aliphatic rings. The van der Waals surface area contributed by atoms with Crippen LogP contribution in [-0.4, -0.2) is 25.1 Å². The van der Waals surface area contributed by atoms with Gasteiger partial charge in [0.25, 0.3) is 0 Å². The Hall–Kier alpha value is -1.60. The molecule has 1 fully saturated rings. The predicted molar refractivity (Wildman–Crippen MR) is 66.6 cm³/mol. The molecule has 1 unspecified atom stereocenters. The van der Waals surface area contributed by atoms with Gasteiger partial charge in [0, 0.05) is 24.7 Å². The number of hydrogen-bond donors (Lipinski definition) is 0. The summed E-state index contributed by atoms with van der Waals surface area (Å²) in [5, 5.41) is 8.93. The van der Waals surface area contributed by atoms with E-state index in [1.165, 1.54) is 13.2 Å². The van der Waals surface area contributed by atoms with Crippen LogP contribution >= 0.6 is 0 Å². The van der Waals surface area contributed by atoms with Gasteiger partial charge in [0.15, 0.2) is 0 Å². The summed E-state index contributed by atoms with van der Waals surface area (Å²) in [5.41, 5.74) is 0.661. The van der Waals surface area contributed by atoms with Gasteiger partial charge in [0.05, 0.1) is 19.1 Å². The number of nitrogens with zero attached hydrogens (tertiary/aromatic N) is 2. The minimum Gasteiger partial charge on any atom is -0.497 e. The van der Waals surface area contributed by atoms with Crippen molar-refractivity contribution in [3.8, 4) is 11.8 Å². The zero-order valence-corrected chi connectivity index (χ0v) is 10.5. The highest BCUT2D eigenvalue weighted by Crippen LogP contribution is 2.21. The molecule has 0 amide bonds. The number of benzene rings is 1. The lowest BCUT2D eigenvalue weighted by atomic mass is 9.99. The van der Waals surface area contributed by atoms with Gasteiger partial charge < -0.3 is 4.74 Å². The van der Waals surface area contributed by atoms with Crippen molar-refractivity contribution in [3.05, 3.63) is 29.6 Å². The van der Waals surface area contributed by atoms with Crippen LogP contribution in [0.1, 0.15) is 18.4 Å². The molecular weight excluding hydrogens is 231 g/mol. The van der Waals surface area contributed by atoms with E-state index in [1.54, 1.807) is 12.1 Å². The van der Waals surface area contributed by atoms with Gasteiger partial charge in [-0.3, -0.25) is 4.90 Å². The maximum Gasteiger partial charge on any atom is 0.131 e. The third-order valence-corrected chi connectivity index (χ3v) is 3.34. The number of ether oxygens (including phenoxy) is 1. The van der Waals surface area contributed by atoms with Crippen LogP contribution in [-0.2, 0) is 6.54 Å². The summed E-state index contributed by atoms with van der Waals surface area (Å²) < 4.78 is 18.8. The quantitative estimate of drug-likeness (QED) is 0.824. The molecule has 3 nitrogen and oxygen atoms in total. The minimum absolute atomic E-state index is 0.0834. The lowest BCUT2D eigenvalue weighted by molar-refractivity contribution is 0.190. The van der Waals surface area contributed by atoms with Crippen molar-refractivity contribution in [3.63, 3.8) is 0 Å². The molecule has 0 N–H and O–H groups in total. The number of piperidine rings is 1. The van der Waals surface area contributed by atoms with Crippen LogP contribution in [0.2, 0.25) is 0 Å². The summed E-state index contributed by atoms with van der Waals surface area (Å²) in [6.45, 7) is 2.24. The van der Waals surface area contributed by atoms with Crippen LogP contribution in [0, 0.1) is 23.1 Å². The molecule has 18 heavy (non-hydrogen) atoms. The summed E-state index contributed by atoms with van der Waals surface area (Å²) in [6, 6.07) is 7.22. The fourth-order valence-corrected chi connectivity index (χ4v) is 2.33. The van der Waals surface area contributed by atoms with Crippen LogP contribution in [0.5, 0.6) is 5.75 Å². The SMILES string of the molecule is COc1ccc(CN2CCCC(C#N)C2)c(F)c1. The number of likely N-dealkylation sites (tertiary alicyclic amines) is 1. The summed E-state index contributed by atoms with van der Waals surface area (Å²) in [6.07, 6.45) is 1.97. The largest absolute Gasteiger partial charge is 0.497 e. The van der Waals surface area contributed by atoms with Crippen LogP contribution in [0.3, 0.4) is 0 Å². The summed E-state index contributed by atoms with van der Waals surface area (Å²) in [4.78, 5) is 2.14. The maximum atomic E-state index is 13.8. The number of rotatable bonds is 3. The monoisotopic (exact) mass is 248 g/mol. The Morgan fingerprint density at radius 2 is 2.39 bits per heavy atom. The average molecular weight is 248 g/mol. The van der Waals surface area contributed by atoms with Gasteiger partial charge >= 0.3 is 0 Å². The van der Waals surface area contributed by atoms with Gasteiger partial charge in [-0.15, -0.1) is 0 Å². The molecule has 0 saturated carbocycles. The lowest BCUT2D eigenvalue weighted by Crippen LogP contribution is -2.34. The second kappa shape index (κ2) is 5.83. The van der Waals surface area contributed by atoms with Crippen molar-refractivity contribution in [2.24, 2.45) is 5.92 Å². The Kier molecular flexibility index (Phi) is 4.16. The van der Waals surface area contributed by atoms with E-state index < -0.39 is 0 Å². The molecule has 0 bridgehead atoms. The van der Waals surface area contributed by atoms with Gasteiger partial charge in [-0.25, -0.2) is 4.39 Å². The topological polar surface area (TPSA) is 36.3 Å². The fraction of sp³-hybridized carbons (Fsp3) is 0.500. The summed E-state index contributed by atoms with van der Waals surface area (Å²) >= 11 is 0. The fourth-order valence-electron chi connectivity index (χ4n) is 2.33. The summed E-state index contributed by atoms with van der Waals surface area (Å²) in [5.74, 6) is 0.373. The van der Waals surface area contributed by atoms with E-state index in [4.69, 9.17) is 10.00 Å². The van der Waals surface area contributed by atoms with E-state index in [9.17, 15) is 4.39 Å². The smallest absolute Gasteiger partial charge is 0.131 e. The second-order valence-electron chi connectivity index (χ2n) is 4.66. The van der Waals surface area contributed by atoms with Crippen LogP contribution in [0.25, 0.3) is 0 Å². The zero-order chi connectivity index (χ0) is 13.0. The number of methoxy groups -OCH3 is 1. The van der Waals surface area contributed by atoms with Crippen molar-refractivity contribution in [2.45, 2.75) is 19.4 Å². The maximum absolute atomic E-state index is 13.8.